The van der Waals surface area contributed by atoms with Gasteiger partial charge in [0.2, 0.25) is 0 Å². The predicted molar refractivity (Wildman–Crippen MR) is 67.1 cm³/mol. The van der Waals surface area contributed by atoms with Crippen LogP contribution in [0.2, 0.25) is 0 Å². The van der Waals surface area contributed by atoms with Gasteiger partial charge < -0.3 is 4.74 Å². The van der Waals surface area contributed by atoms with Crippen LogP contribution in [0, 0.1) is 0 Å². The fourth-order valence-electron chi connectivity index (χ4n) is 2.26. The molecule has 1 aliphatic rings. The van der Waals surface area contributed by atoms with Gasteiger partial charge in [0.15, 0.2) is 0 Å². The molecule has 0 aliphatic carbocycles. The second kappa shape index (κ2) is 4.78. The molecular weight excluding hydrogens is 228 g/mol. The Balaban J connectivity index is 1.67. The Morgan fingerprint density at radius 1 is 1.22 bits per heavy atom. The molecule has 0 spiro atoms. The molecule has 5 heteroatoms. The van der Waals surface area contributed by atoms with Crippen LogP contribution < -0.4 is 4.74 Å². The SMILES string of the molecule is COc1ccc(CN2CCn3nncc3C2)cc1. The quantitative estimate of drug-likeness (QED) is 0.816. The summed E-state index contributed by atoms with van der Waals surface area (Å²) in [4.78, 5) is 2.40. The van der Waals surface area contributed by atoms with Crippen LogP contribution in [0.4, 0.5) is 0 Å². The van der Waals surface area contributed by atoms with Crippen LogP contribution in [-0.4, -0.2) is 33.5 Å². The van der Waals surface area contributed by atoms with Crippen molar-refractivity contribution in [2.75, 3.05) is 13.7 Å². The van der Waals surface area contributed by atoms with Gasteiger partial charge in [-0.25, -0.2) is 4.68 Å². The molecule has 1 aromatic carbocycles. The molecule has 0 N–H and O–H groups in total. The molecule has 0 atom stereocenters. The molecular formula is C13H16N4O. The van der Waals surface area contributed by atoms with Gasteiger partial charge in [-0.05, 0) is 17.7 Å². The fourth-order valence-corrected chi connectivity index (χ4v) is 2.26. The van der Waals surface area contributed by atoms with Crippen LogP contribution in [0.5, 0.6) is 5.75 Å². The number of nitrogens with zero attached hydrogens (tertiary/aromatic N) is 4. The number of aromatic nitrogens is 3. The highest BCUT2D eigenvalue weighted by Crippen LogP contribution is 2.16. The molecule has 1 aliphatic heterocycles. The first kappa shape index (κ1) is 11.2. The summed E-state index contributed by atoms with van der Waals surface area (Å²) in [5, 5.41) is 7.98. The zero-order valence-electron chi connectivity index (χ0n) is 10.4. The number of hydrogen-bond donors (Lipinski definition) is 0. The highest BCUT2D eigenvalue weighted by Gasteiger charge is 2.16. The molecule has 94 valence electrons. The summed E-state index contributed by atoms with van der Waals surface area (Å²) in [6.45, 7) is 3.81. The topological polar surface area (TPSA) is 43.2 Å². The van der Waals surface area contributed by atoms with Gasteiger partial charge in [-0.15, -0.1) is 5.10 Å². The van der Waals surface area contributed by atoms with E-state index in [2.05, 4.69) is 27.3 Å². The molecule has 2 heterocycles. The fraction of sp³-hybridized carbons (Fsp3) is 0.385. The number of ether oxygens (including phenoxy) is 1. The van der Waals surface area contributed by atoms with E-state index in [1.165, 1.54) is 11.3 Å². The Kier molecular flexibility index (Phi) is 2.98. The average Bonchev–Trinajstić information content (AvgIpc) is 2.87. The van der Waals surface area contributed by atoms with Gasteiger partial charge in [0.25, 0.3) is 0 Å². The first-order valence-corrected chi connectivity index (χ1v) is 6.08. The van der Waals surface area contributed by atoms with Gasteiger partial charge in [-0.1, -0.05) is 17.3 Å². The highest BCUT2D eigenvalue weighted by atomic mass is 16.5. The van der Waals surface area contributed by atoms with E-state index < -0.39 is 0 Å². The second-order valence-corrected chi connectivity index (χ2v) is 4.51. The van der Waals surface area contributed by atoms with Crippen LogP contribution in [0.3, 0.4) is 0 Å². The van der Waals surface area contributed by atoms with E-state index in [4.69, 9.17) is 4.74 Å². The maximum atomic E-state index is 5.16. The maximum Gasteiger partial charge on any atom is 0.118 e. The van der Waals surface area contributed by atoms with Gasteiger partial charge >= 0.3 is 0 Å². The first-order chi connectivity index (χ1) is 8.85. The Bertz CT molecular complexity index is 520. The molecule has 0 unspecified atom stereocenters. The molecule has 0 saturated heterocycles. The van der Waals surface area contributed by atoms with E-state index >= 15 is 0 Å². The molecule has 0 fully saturated rings. The zero-order valence-corrected chi connectivity index (χ0v) is 10.4. The number of hydrogen-bond acceptors (Lipinski definition) is 4. The number of methoxy groups -OCH3 is 1. The van der Waals surface area contributed by atoms with Crippen LogP contribution in [0.25, 0.3) is 0 Å². The Morgan fingerprint density at radius 2 is 2.06 bits per heavy atom. The van der Waals surface area contributed by atoms with Crippen LogP contribution in [-0.2, 0) is 19.6 Å². The largest absolute Gasteiger partial charge is 0.497 e. The van der Waals surface area contributed by atoms with Crippen molar-refractivity contribution in [1.29, 1.82) is 0 Å². The summed E-state index contributed by atoms with van der Waals surface area (Å²) < 4.78 is 7.14. The molecule has 2 aromatic rings. The third kappa shape index (κ3) is 2.22. The van der Waals surface area contributed by atoms with Gasteiger partial charge in [0.1, 0.15) is 5.75 Å². The Labute approximate surface area is 106 Å². The van der Waals surface area contributed by atoms with Crippen molar-refractivity contribution in [3.05, 3.63) is 41.7 Å². The molecule has 18 heavy (non-hydrogen) atoms. The second-order valence-electron chi connectivity index (χ2n) is 4.51. The van der Waals surface area contributed by atoms with Gasteiger partial charge in [0.05, 0.1) is 25.5 Å². The standard InChI is InChI=1S/C13H16N4O/c1-18-13-4-2-11(3-5-13)9-16-6-7-17-12(10-16)8-14-15-17/h2-5,8H,6-7,9-10H2,1H3. The summed E-state index contributed by atoms with van der Waals surface area (Å²) >= 11 is 0. The van der Waals surface area contributed by atoms with Crippen LogP contribution in [0.1, 0.15) is 11.3 Å². The minimum atomic E-state index is 0.902. The summed E-state index contributed by atoms with van der Waals surface area (Å²) in [6, 6.07) is 8.24. The molecule has 0 saturated carbocycles. The van der Waals surface area contributed by atoms with Crippen LogP contribution in [0.15, 0.2) is 30.5 Å². The third-order valence-corrected chi connectivity index (χ3v) is 3.28. The molecule has 0 radical (unpaired) electrons. The average molecular weight is 244 g/mol. The van der Waals surface area contributed by atoms with Gasteiger partial charge in [0, 0.05) is 19.6 Å². The molecule has 5 nitrogen and oxygen atoms in total. The Hall–Kier alpha value is -1.88. The van der Waals surface area contributed by atoms with E-state index in [9.17, 15) is 0 Å². The van der Waals surface area contributed by atoms with Crippen molar-refractivity contribution in [2.45, 2.75) is 19.6 Å². The Morgan fingerprint density at radius 3 is 2.83 bits per heavy atom. The summed E-state index contributed by atoms with van der Waals surface area (Å²) in [6.07, 6.45) is 1.85. The minimum absolute atomic E-state index is 0.902. The predicted octanol–water partition coefficient (Wildman–Crippen LogP) is 1.30. The summed E-state index contributed by atoms with van der Waals surface area (Å²) in [7, 11) is 1.69. The molecule has 0 amide bonds. The van der Waals surface area contributed by atoms with Crippen molar-refractivity contribution in [1.82, 2.24) is 19.9 Å². The lowest BCUT2D eigenvalue weighted by Crippen LogP contribution is -2.33. The number of rotatable bonds is 3. The van der Waals surface area contributed by atoms with Crippen molar-refractivity contribution >= 4 is 0 Å². The van der Waals surface area contributed by atoms with Crippen molar-refractivity contribution in [3.8, 4) is 5.75 Å². The zero-order chi connectivity index (χ0) is 12.4. The maximum absolute atomic E-state index is 5.16. The number of benzene rings is 1. The van der Waals surface area contributed by atoms with E-state index in [1.54, 1.807) is 7.11 Å². The molecule has 1 aromatic heterocycles. The van der Waals surface area contributed by atoms with E-state index in [1.807, 2.05) is 23.0 Å². The van der Waals surface area contributed by atoms with Crippen molar-refractivity contribution in [2.24, 2.45) is 0 Å². The highest BCUT2D eigenvalue weighted by molar-refractivity contribution is 5.27. The number of fused-ring (bicyclic) bond motifs is 1. The molecule has 3 rings (SSSR count). The lowest BCUT2D eigenvalue weighted by Gasteiger charge is -2.26. The van der Waals surface area contributed by atoms with Crippen molar-refractivity contribution < 1.29 is 4.74 Å². The first-order valence-electron chi connectivity index (χ1n) is 6.08. The summed E-state index contributed by atoms with van der Waals surface area (Å²) in [5.41, 5.74) is 2.49. The lowest BCUT2D eigenvalue weighted by molar-refractivity contribution is 0.204. The molecule has 0 bridgehead atoms. The summed E-state index contributed by atoms with van der Waals surface area (Å²) in [5.74, 6) is 0.902. The monoisotopic (exact) mass is 244 g/mol. The smallest absolute Gasteiger partial charge is 0.118 e. The minimum Gasteiger partial charge on any atom is -0.497 e. The van der Waals surface area contributed by atoms with Crippen molar-refractivity contribution in [3.63, 3.8) is 0 Å². The van der Waals surface area contributed by atoms with E-state index in [0.29, 0.717) is 0 Å². The normalized spacial score (nSPS) is 15.4. The van der Waals surface area contributed by atoms with Gasteiger partial charge in [-0.2, -0.15) is 0 Å². The van der Waals surface area contributed by atoms with E-state index in [-0.39, 0.29) is 0 Å². The third-order valence-electron chi connectivity index (χ3n) is 3.28. The van der Waals surface area contributed by atoms with Crippen LogP contribution >= 0.6 is 0 Å². The van der Waals surface area contributed by atoms with E-state index in [0.717, 1.165) is 31.9 Å². The van der Waals surface area contributed by atoms with Gasteiger partial charge in [-0.3, -0.25) is 4.90 Å². The lowest BCUT2D eigenvalue weighted by atomic mass is 10.2.